The van der Waals surface area contributed by atoms with E-state index >= 15 is 0 Å². The van der Waals surface area contributed by atoms with Gasteiger partial charge in [0.2, 0.25) is 11.9 Å². The van der Waals surface area contributed by atoms with Crippen LogP contribution < -0.4 is 15.4 Å². The largest absolute Gasteiger partial charge is 0.424 e. The summed E-state index contributed by atoms with van der Waals surface area (Å²) in [7, 11) is 0. The van der Waals surface area contributed by atoms with E-state index in [0.717, 1.165) is 6.29 Å². The predicted molar refractivity (Wildman–Crippen MR) is 80.1 cm³/mol. The van der Waals surface area contributed by atoms with Gasteiger partial charge >= 0.3 is 6.01 Å². The van der Waals surface area contributed by atoms with Crippen LogP contribution in [0.1, 0.15) is 24.2 Å². The Bertz CT molecular complexity index is 577. The minimum atomic E-state index is 0.191. The van der Waals surface area contributed by atoms with E-state index in [1.807, 2.05) is 13.8 Å². The Labute approximate surface area is 122 Å². The highest BCUT2D eigenvalue weighted by Crippen LogP contribution is 2.20. The van der Waals surface area contributed by atoms with Gasteiger partial charge in [-0.3, -0.25) is 4.79 Å². The first kappa shape index (κ1) is 14.7. The summed E-state index contributed by atoms with van der Waals surface area (Å²) in [6, 6.07) is 6.90. The SMILES string of the molecule is CCNc1nc(NCC)nc(Oc2ccc(C=O)cc2)n1. The molecule has 7 nitrogen and oxygen atoms in total. The van der Waals surface area contributed by atoms with E-state index in [9.17, 15) is 4.79 Å². The van der Waals surface area contributed by atoms with Gasteiger partial charge in [0.1, 0.15) is 12.0 Å². The first-order valence-corrected chi connectivity index (χ1v) is 6.72. The summed E-state index contributed by atoms with van der Waals surface area (Å²) in [5, 5.41) is 6.04. The first-order valence-electron chi connectivity index (χ1n) is 6.72. The van der Waals surface area contributed by atoms with Crippen LogP contribution in [-0.2, 0) is 0 Å². The molecule has 0 saturated carbocycles. The first-order chi connectivity index (χ1) is 10.2. The summed E-state index contributed by atoms with van der Waals surface area (Å²) in [4.78, 5) is 23.2. The number of aromatic nitrogens is 3. The number of nitrogens with one attached hydrogen (secondary N) is 2. The van der Waals surface area contributed by atoms with Gasteiger partial charge in [0.05, 0.1) is 0 Å². The number of hydrogen-bond donors (Lipinski definition) is 2. The lowest BCUT2D eigenvalue weighted by Gasteiger charge is -2.09. The van der Waals surface area contributed by atoms with Crippen molar-refractivity contribution in [2.24, 2.45) is 0 Å². The molecular formula is C14H17N5O2. The van der Waals surface area contributed by atoms with Gasteiger partial charge in [0, 0.05) is 18.7 Å². The predicted octanol–water partition coefficient (Wildman–Crippen LogP) is 2.34. The molecule has 2 N–H and O–H groups in total. The number of hydrogen-bond acceptors (Lipinski definition) is 7. The Morgan fingerprint density at radius 3 is 2.05 bits per heavy atom. The van der Waals surface area contributed by atoms with Gasteiger partial charge in [-0.2, -0.15) is 15.0 Å². The summed E-state index contributed by atoms with van der Waals surface area (Å²) in [6.07, 6.45) is 0.777. The van der Waals surface area contributed by atoms with Gasteiger partial charge in [0.15, 0.2) is 0 Å². The highest BCUT2D eigenvalue weighted by Gasteiger charge is 2.07. The molecule has 2 rings (SSSR count). The lowest BCUT2D eigenvalue weighted by molar-refractivity contribution is 0.112. The molecule has 110 valence electrons. The molecule has 0 saturated heterocycles. The van der Waals surface area contributed by atoms with Crippen LogP contribution in [-0.4, -0.2) is 34.3 Å². The average Bonchev–Trinajstić information content (AvgIpc) is 2.48. The molecule has 0 aliphatic rings. The summed E-state index contributed by atoms with van der Waals surface area (Å²) < 4.78 is 5.59. The fraction of sp³-hybridized carbons (Fsp3) is 0.286. The van der Waals surface area contributed by atoms with Crippen LogP contribution in [0.4, 0.5) is 11.9 Å². The Morgan fingerprint density at radius 2 is 1.57 bits per heavy atom. The lowest BCUT2D eigenvalue weighted by Crippen LogP contribution is -2.09. The van der Waals surface area contributed by atoms with E-state index in [-0.39, 0.29) is 6.01 Å². The maximum atomic E-state index is 10.6. The van der Waals surface area contributed by atoms with Gasteiger partial charge < -0.3 is 15.4 Å². The van der Waals surface area contributed by atoms with E-state index in [1.54, 1.807) is 24.3 Å². The second kappa shape index (κ2) is 7.18. The van der Waals surface area contributed by atoms with E-state index in [4.69, 9.17) is 4.74 Å². The number of carbonyl (C=O) groups excluding carboxylic acids is 1. The van der Waals surface area contributed by atoms with Gasteiger partial charge in [0.25, 0.3) is 0 Å². The minimum absolute atomic E-state index is 0.191. The summed E-state index contributed by atoms with van der Waals surface area (Å²) in [5.74, 6) is 1.45. The Hall–Kier alpha value is -2.70. The number of carbonyl (C=O) groups is 1. The highest BCUT2D eigenvalue weighted by atomic mass is 16.5. The third-order valence-corrected chi connectivity index (χ3v) is 2.51. The molecule has 0 radical (unpaired) electrons. The Balaban J connectivity index is 2.21. The normalized spacial score (nSPS) is 10.0. The fourth-order valence-electron chi connectivity index (χ4n) is 1.60. The molecule has 0 atom stereocenters. The number of anilines is 2. The van der Waals surface area contributed by atoms with Gasteiger partial charge in [-0.15, -0.1) is 0 Å². The Morgan fingerprint density at radius 1 is 1.00 bits per heavy atom. The van der Waals surface area contributed by atoms with Crippen molar-refractivity contribution in [3.05, 3.63) is 29.8 Å². The topological polar surface area (TPSA) is 89.0 Å². The molecule has 1 aromatic heterocycles. The molecule has 21 heavy (non-hydrogen) atoms. The van der Waals surface area contributed by atoms with Crippen LogP contribution in [0.15, 0.2) is 24.3 Å². The third-order valence-electron chi connectivity index (χ3n) is 2.51. The molecule has 0 unspecified atom stereocenters. The van der Waals surface area contributed by atoms with Crippen molar-refractivity contribution in [2.45, 2.75) is 13.8 Å². The van der Waals surface area contributed by atoms with Crippen molar-refractivity contribution in [1.82, 2.24) is 15.0 Å². The molecular weight excluding hydrogens is 270 g/mol. The van der Waals surface area contributed by atoms with E-state index < -0.39 is 0 Å². The summed E-state index contributed by atoms with van der Waals surface area (Å²) in [5.41, 5.74) is 0.583. The molecule has 0 aliphatic carbocycles. The number of nitrogens with zero attached hydrogens (tertiary/aromatic N) is 3. The molecule has 1 heterocycles. The van der Waals surface area contributed by atoms with Gasteiger partial charge in [-0.05, 0) is 38.1 Å². The number of aldehydes is 1. The maximum absolute atomic E-state index is 10.6. The fourth-order valence-corrected chi connectivity index (χ4v) is 1.60. The minimum Gasteiger partial charge on any atom is -0.424 e. The molecule has 0 aliphatic heterocycles. The molecule has 1 aromatic carbocycles. The van der Waals surface area contributed by atoms with Crippen LogP contribution >= 0.6 is 0 Å². The molecule has 0 amide bonds. The van der Waals surface area contributed by atoms with Crippen molar-refractivity contribution < 1.29 is 9.53 Å². The summed E-state index contributed by atoms with van der Waals surface area (Å²) in [6.45, 7) is 5.30. The van der Waals surface area contributed by atoms with Crippen molar-refractivity contribution in [3.8, 4) is 11.8 Å². The zero-order valence-corrected chi connectivity index (χ0v) is 12.0. The van der Waals surface area contributed by atoms with E-state index in [0.29, 0.717) is 36.3 Å². The van der Waals surface area contributed by atoms with E-state index in [1.165, 1.54) is 0 Å². The number of ether oxygens (including phenoxy) is 1. The maximum Gasteiger partial charge on any atom is 0.328 e. The molecule has 7 heteroatoms. The molecule has 0 spiro atoms. The molecule has 0 fully saturated rings. The smallest absolute Gasteiger partial charge is 0.328 e. The van der Waals surface area contributed by atoms with Crippen LogP contribution in [0, 0.1) is 0 Å². The zero-order valence-electron chi connectivity index (χ0n) is 12.0. The van der Waals surface area contributed by atoms with Crippen LogP contribution in [0.2, 0.25) is 0 Å². The van der Waals surface area contributed by atoms with Crippen LogP contribution in [0.25, 0.3) is 0 Å². The average molecular weight is 287 g/mol. The molecule has 0 bridgehead atoms. The standard InChI is InChI=1S/C14H17N5O2/c1-3-15-12-17-13(16-4-2)19-14(18-12)21-11-7-5-10(9-20)6-8-11/h5-9H,3-4H2,1-2H3,(H2,15,16,17,18,19). The number of benzene rings is 1. The highest BCUT2D eigenvalue weighted by molar-refractivity contribution is 5.74. The monoisotopic (exact) mass is 287 g/mol. The van der Waals surface area contributed by atoms with Crippen LogP contribution in [0.5, 0.6) is 11.8 Å². The third kappa shape index (κ3) is 4.13. The van der Waals surface area contributed by atoms with Crippen molar-refractivity contribution in [3.63, 3.8) is 0 Å². The van der Waals surface area contributed by atoms with Gasteiger partial charge in [-0.1, -0.05) is 0 Å². The van der Waals surface area contributed by atoms with Crippen molar-refractivity contribution in [2.75, 3.05) is 23.7 Å². The second-order valence-corrected chi connectivity index (χ2v) is 4.11. The second-order valence-electron chi connectivity index (χ2n) is 4.11. The molecule has 2 aromatic rings. The summed E-state index contributed by atoms with van der Waals surface area (Å²) >= 11 is 0. The lowest BCUT2D eigenvalue weighted by atomic mass is 10.2. The van der Waals surface area contributed by atoms with Crippen molar-refractivity contribution in [1.29, 1.82) is 0 Å². The van der Waals surface area contributed by atoms with Crippen LogP contribution in [0.3, 0.4) is 0 Å². The van der Waals surface area contributed by atoms with Crippen molar-refractivity contribution >= 4 is 18.2 Å². The number of rotatable bonds is 7. The van der Waals surface area contributed by atoms with E-state index in [2.05, 4.69) is 25.6 Å². The quantitative estimate of drug-likeness (QED) is 0.755. The zero-order chi connectivity index (χ0) is 15.1. The Kier molecular flexibility index (Phi) is 5.03. The van der Waals surface area contributed by atoms with Gasteiger partial charge in [-0.25, -0.2) is 0 Å².